The Kier molecular flexibility index (Phi) is 15.5. The van der Waals surface area contributed by atoms with Gasteiger partial charge >= 0.3 is 0 Å². The minimum atomic E-state index is 1.04. The van der Waals surface area contributed by atoms with Gasteiger partial charge in [-0.05, 0) is 12.8 Å². The lowest BCUT2D eigenvalue weighted by atomic mass is 9.91. The normalized spacial score (nSPS) is 14.2. The van der Waals surface area contributed by atoms with E-state index < -0.39 is 0 Å². The van der Waals surface area contributed by atoms with Gasteiger partial charge in [-0.2, -0.15) is 0 Å². The molecular weight excluding hydrogens is 220 g/mol. The fourth-order valence-electron chi connectivity index (χ4n) is 1.85. The molecule has 1 aromatic rings. The molecule has 1 saturated carbocycles. The van der Waals surface area contributed by atoms with Crippen LogP contribution in [0.25, 0.3) is 0 Å². The summed E-state index contributed by atoms with van der Waals surface area (Å²) in [7, 11) is 1.96. The average molecular weight is 254 g/mol. The molecule has 1 heterocycles. The van der Waals surface area contributed by atoms with Gasteiger partial charge < -0.3 is 4.57 Å². The molecule has 1 fully saturated rings. The van der Waals surface area contributed by atoms with Crippen molar-refractivity contribution in [2.45, 2.75) is 73.6 Å². The number of imidazole rings is 1. The second kappa shape index (κ2) is 14.3. The number of aryl methyl sites for hydroxylation is 2. The third-order valence-electron chi connectivity index (χ3n) is 2.73. The van der Waals surface area contributed by atoms with E-state index in [2.05, 4.69) is 11.9 Å². The van der Waals surface area contributed by atoms with Crippen LogP contribution in [-0.4, -0.2) is 9.55 Å². The Morgan fingerprint density at radius 1 is 1.06 bits per heavy atom. The van der Waals surface area contributed by atoms with E-state index in [0.29, 0.717) is 0 Å². The van der Waals surface area contributed by atoms with Crippen LogP contribution in [0, 0.1) is 12.8 Å². The summed E-state index contributed by atoms with van der Waals surface area (Å²) in [6.07, 6.45) is 11.2. The Labute approximate surface area is 115 Å². The number of rotatable bonds is 0. The minimum absolute atomic E-state index is 1.04. The van der Waals surface area contributed by atoms with Gasteiger partial charge in [0.25, 0.3) is 0 Å². The van der Waals surface area contributed by atoms with Crippen LogP contribution in [0.15, 0.2) is 12.5 Å². The van der Waals surface area contributed by atoms with Crippen molar-refractivity contribution in [2.75, 3.05) is 0 Å². The molecule has 18 heavy (non-hydrogen) atoms. The molecule has 0 saturated heterocycles. The largest absolute Gasteiger partial charge is 0.340 e. The van der Waals surface area contributed by atoms with Gasteiger partial charge in [-0.25, -0.2) is 4.98 Å². The number of hydrogen-bond donors (Lipinski definition) is 0. The second-order valence-electron chi connectivity index (χ2n) is 4.42. The molecule has 1 aromatic heterocycles. The van der Waals surface area contributed by atoms with E-state index in [1.807, 2.05) is 52.4 Å². The van der Waals surface area contributed by atoms with E-state index in [9.17, 15) is 0 Å². The van der Waals surface area contributed by atoms with Gasteiger partial charge in [0.2, 0.25) is 0 Å². The summed E-state index contributed by atoms with van der Waals surface area (Å²) >= 11 is 0. The maximum atomic E-state index is 3.98. The molecule has 0 aliphatic heterocycles. The summed E-state index contributed by atoms with van der Waals surface area (Å²) in [5.41, 5.74) is 1.07. The first kappa shape index (κ1) is 19.5. The number of aromatic nitrogens is 2. The van der Waals surface area contributed by atoms with Crippen molar-refractivity contribution in [3.05, 3.63) is 18.2 Å². The lowest BCUT2D eigenvalue weighted by Gasteiger charge is -2.15. The SMILES string of the molecule is CC.CC.CC1CCCCC1.Cc1cn(C)cn1. The molecule has 0 atom stereocenters. The third kappa shape index (κ3) is 11.7. The predicted molar refractivity (Wildman–Crippen MR) is 82.9 cm³/mol. The van der Waals surface area contributed by atoms with Crippen molar-refractivity contribution in [1.29, 1.82) is 0 Å². The highest BCUT2D eigenvalue weighted by molar-refractivity contribution is 4.90. The molecular formula is C16H34N2. The Morgan fingerprint density at radius 2 is 1.56 bits per heavy atom. The molecule has 2 nitrogen and oxygen atoms in total. The van der Waals surface area contributed by atoms with Crippen molar-refractivity contribution in [1.82, 2.24) is 9.55 Å². The standard InChI is InChI=1S/C7H14.C5H8N2.2C2H6/c1-7-5-3-2-4-6-7;1-5-3-7(2)4-6-5;2*1-2/h7H,2-6H2,1H3;3-4H,1-2H3;2*1-2H3. The first-order valence-corrected chi connectivity index (χ1v) is 7.63. The smallest absolute Gasteiger partial charge is 0.0946 e. The number of hydrogen-bond acceptors (Lipinski definition) is 1. The summed E-state index contributed by atoms with van der Waals surface area (Å²) in [6, 6.07) is 0. The van der Waals surface area contributed by atoms with Gasteiger partial charge in [-0.15, -0.1) is 0 Å². The van der Waals surface area contributed by atoms with Crippen LogP contribution in [0.3, 0.4) is 0 Å². The monoisotopic (exact) mass is 254 g/mol. The molecule has 0 N–H and O–H groups in total. The Balaban J connectivity index is 0. The quantitative estimate of drug-likeness (QED) is 0.609. The molecule has 2 rings (SSSR count). The van der Waals surface area contributed by atoms with Gasteiger partial charge in [0.1, 0.15) is 0 Å². The fourth-order valence-corrected chi connectivity index (χ4v) is 1.85. The summed E-state index contributed by atoms with van der Waals surface area (Å²) in [5, 5.41) is 0. The minimum Gasteiger partial charge on any atom is -0.340 e. The summed E-state index contributed by atoms with van der Waals surface area (Å²) in [5.74, 6) is 1.04. The first-order valence-electron chi connectivity index (χ1n) is 7.63. The van der Waals surface area contributed by atoms with E-state index in [1.54, 1.807) is 6.33 Å². The van der Waals surface area contributed by atoms with E-state index in [0.717, 1.165) is 11.6 Å². The van der Waals surface area contributed by atoms with Gasteiger partial charge in [0, 0.05) is 13.2 Å². The lowest BCUT2D eigenvalue weighted by molar-refractivity contribution is 0.385. The van der Waals surface area contributed by atoms with E-state index in [4.69, 9.17) is 0 Å². The molecule has 1 aliphatic carbocycles. The highest BCUT2D eigenvalue weighted by atomic mass is 15.0. The molecule has 0 bridgehead atoms. The van der Waals surface area contributed by atoms with Crippen LogP contribution in [-0.2, 0) is 7.05 Å². The molecule has 0 amide bonds. The van der Waals surface area contributed by atoms with Crippen molar-refractivity contribution in [3.63, 3.8) is 0 Å². The summed E-state index contributed by atoms with van der Waals surface area (Å²) < 4.78 is 1.93. The van der Waals surface area contributed by atoms with Crippen molar-refractivity contribution in [3.8, 4) is 0 Å². The zero-order chi connectivity index (χ0) is 14.4. The van der Waals surface area contributed by atoms with E-state index >= 15 is 0 Å². The van der Waals surface area contributed by atoms with E-state index in [1.165, 1.54) is 32.1 Å². The van der Waals surface area contributed by atoms with Crippen LogP contribution in [0.2, 0.25) is 0 Å². The van der Waals surface area contributed by atoms with Crippen LogP contribution < -0.4 is 0 Å². The zero-order valence-electron chi connectivity index (χ0n) is 13.7. The molecule has 0 unspecified atom stereocenters. The highest BCUT2D eigenvalue weighted by Gasteiger charge is 2.05. The molecule has 108 valence electrons. The Bertz CT molecular complexity index is 231. The second-order valence-corrected chi connectivity index (χ2v) is 4.42. The Morgan fingerprint density at radius 3 is 1.72 bits per heavy atom. The summed E-state index contributed by atoms with van der Waals surface area (Å²) in [6.45, 7) is 12.3. The maximum absolute atomic E-state index is 3.98. The third-order valence-corrected chi connectivity index (χ3v) is 2.73. The van der Waals surface area contributed by atoms with Gasteiger partial charge in [0.05, 0.1) is 12.0 Å². The molecule has 2 heteroatoms. The van der Waals surface area contributed by atoms with Crippen LogP contribution in [0.4, 0.5) is 0 Å². The molecule has 0 aromatic carbocycles. The lowest BCUT2D eigenvalue weighted by Crippen LogP contribution is -1.99. The highest BCUT2D eigenvalue weighted by Crippen LogP contribution is 2.22. The topological polar surface area (TPSA) is 17.8 Å². The Hall–Kier alpha value is -0.790. The van der Waals surface area contributed by atoms with Crippen molar-refractivity contribution < 1.29 is 0 Å². The zero-order valence-corrected chi connectivity index (χ0v) is 13.7. The van der Waals surface area contributed by atoms with Gasteiger partial charge in [-0.1, -0.05) is 66.7 Å². The van der Waals surface area contributed by atoms with Crippen LogP contribution in [0.5, 0.6) is 0 Å². The first-order chi connectivity index (χ1) is 8.68. The summed E-state index contributed by atoms with van der Waals surface area (Å²) in [4.78, 5) is 3.98. The van der Waals surface area contributed by atoms with Crippen LogP contribution in [0.1, 0.15) is 72.4 Å². The van der Waals surface area contributed by atoms with Gasteiger partial charge in [0.15, 0.2) is 0 Å². The molecule has 0 radical (unpaired) electrons. The molecule has 0 spiro atoms. The van der Waals surface area contributed by atoms with Crippen molar-refractivity contribution in [2.24, 2.45) is 13.0 Å². The van der Waals surface area contributed by atoms with Crippen molar-refractivity contribution >= 4 is 0 Å². The predicted octanol–water partition coefficient (Wildman–Crippen LogP) is 5.37. The molecule has 1 aliphatic rings. The van der Waals surface area contributed by atoms with Crippen LogP contribution >= 0.6 is 0 Å². The maximum Gasteiger partial charge on any atom is 0.0946 e. The van der Waals surface area contributed by atoms with E-state index in [-0.39, 0.29) is 0 Å². The van der Waals surface area contributed by atoms with Gasteiger partial charge in [-0.3, -0.25) is 0 Å². The number of nitrogens with zero attached hydrogens (tertiary/aromatic N) is 2. The average Bonchev–Trinajstić information content (AvgIpc) is 2.80. The fraction of sp³-hybridized carbons (Fsp3) is 0.812.